The molecular weight excluding hydrogens is 1160 g/mol. The van der Waals surface area contributed by atoms with Crippen molar-refractivity contribution in [2.45, 2.75) is 186 Å². The summed E-state index contributed by atoms with van der Waals surface area (Å²) in [6.45, 7) is 8.27. The molecule has 5 aliphatic rings. The first-order valence-electron chi connectivity index (χ1n) is 29.1. The van der Waals surface area contributed by atoms with Crippen molar-refractivity contribution in [1.29, 1.82) is 0 Å². The average molecular weight is 1250 g/mol. The standard InChI is InChI=1S/C62H76N2O21.CH5N.2CH4/c1-33-41(30-62(78)39(27-40(68)36-17-10-7-11-18-36)55-60(6,29-42(80-34(2)66)49(33)59(62,4)5)44(69)28-45-61(55,32-79-45)85-35(3)67)81-58(77)53(50(37-19-12-8-13-20-37)64-56(75)38-21-14-9-15-22-38)83-48(72)25-24-46(70)63-26-16-23-47(71)84-54-51(73)43(31-65)82-57(76)52(54)74;1-2;;/h7-15,17-22,39,41-45,50-55,57,65,69,73-74,76,78H,16,23-32H2,1-6H3,(H,63,70)(H,64,75);2H2,1H3;2*1H4/t39-,41?,42?,43?,44?,45?,50?,51?,52?,53?,54?,55?,57?,60+,61-,62?;;;/m0.../s1. The van der Waals surface area contributed by atoms with Gasteiger partial charge in [-0.15, -0.1) is 0 Å². The number of esters is 5. The number of hydrogen-bond acceptors (Lipinski definition) is 22. The number of rotatable bonds is 21. The van der Waals surface area contributed by atoms with Gasteiger partial charge in [-0.1, -0.05) is 114 Å². The number of benzene rings is 3. The van der Waals surface area contributed by atoms with E-state index in [0.29, 0.717) is 16.7 Å². The lowest BCUT2D eigenvalue weighted by Crippen LogP contribution is -2.78. The molecule has 24 nitrogen and oxygen atoms in total. The first-order chi connectivity index (χ1) is 41.3. The minimum Gasteiger partial charge on any atom is -0.458 e. The number of carbonyl (C=O) groups is 8. The quantitative estimate of drug-likeness (QED) is 0.0242. The monoisotopic (exact) mass is 1250 g/mol. The van der Waals surface area contributed by atoms with Crippen molar-refractivity contribution in [3.05, 3.63) is 119 Å². The summed E-state index contributed by atoms with van der Waals surface area (Å²) in [6, 6.07) is 23.0. The van der Waals surface area contributed by atoms with E-state index in [0.717, 1.165) is 0 Å². The summed E-state index contributed by atoms with van der Waals surface area (Å²) < 4.78 is 41.2. The number of ether oxygens (including phenoxy) is 7. The van der Waals surface area contributed by atoms with E-state index < -0.39 is 174 Å². The molecule has 3 aromatic carbocycles. The molecule has 16 atom stereocenters. The predicted octanol–water partition coefficient (Wildman–Crippen LogP) is 3.64. The number of fused-ring (bicyclic) bond motifs is 5. The second-order valence-corrected chi connectivity index (χ2v) is 23.5. The Balaban J connectivity index is 0.00000357. The largest absolute Gasteiger partial charge is 0.458 e. The minimum absolute atomic E-state index is 0. The number of nitrogens with two attached hydrogens (primary N) is 1. The van der Waals surface area contributed by atoms with Crippen LogP contribution in [-0.4, -0.2) is 177 Å². The van der Waals surface area contributed by atoms with Gasteiger partial charge in [0, 0.05) is 86.3 Å². The Labute approximate surface area is 518 Å². The highest BCUT2D eigenvalue weighted by Crippen LogP contribution is 2.67. The molecule has 89 heavy (non-hydrogen) atoms. The van der Waals surface area contributed by atoms with Gasteiger partial charge in [0.1, 0.15) is 42.7 Å². The van der Waals surface area contributed by atoms with E-state index in [2.05, 4.69) is 16.4 Å². The number of hydrogen-bond donors (Lipinski definition) is 9. The van der Waals surface area contributed by atoms with Crippen molar-refractivity contribution in [2.24, 2.45) is 28.4 Å². The van der Waals surface area contributed by atoms with Crippen molar-refractivity contribution in [3.63, 3.8) is 0 Å². The number of aliphatic hydroxyl groups excluding tert-OH is 5. The smallest absolute Gasteiger partial charge is 0.350 e. The van der Waals surface area contributed by atoms with Crippen LogP contribution in [-0.2, 0) is 61.9 Å². The lowest BCUT2D eigenvalue weighted by molar-refractivity contribution is -0.347. The zero-order valence-corrected chi connectivity index (χ0v) is 49.8. The minimum atomic E-state index is -2.17. The highest BCUT2D eigenvalue weighted by molar-refractivity contribution is 5.96. The van der Waals surface area contributed by atoms with E-state index in [9.17, 15) is 64.2 Å². The van der Waals surface area contributed by atoms with Crippen molar-refractivity contribution < 1.29 is 102 Å². The molecule has 3 aliphatic carbocycles. The van der Waals surface area contributed by atoms with E-state index in [-0.39, 0.29) is 71.2 Å². The van der Waals surface area contributed by atoms with Crippen molar-refractivity contribution in [3.8, 4) is 0 Å². The van der Waals surface area contributed by atoms with Gasteiger partial charge >= 0.3 is 29.8 Å². The highest BCUT2D eigenvalue weighted by atomic mass is 16.7. The van der Waals surface area contributed by atoms with Crippen LogP contribution < -0.4 is 16.4 Å². The second kappa shape index (κ2) is 30.7. The van der Waals surface area contributed by atoms with Crippen LogP contribution in [0.25, 0.3) is 0 Å². The summed E-state index contributed by atoms with van der Waals surface area (Å²) in [7, 11) is 1.50. The molecule has 10 N–H and O–H groups in total. The Hall–Kier alpha value is -7.00. The Morgan fingerprint density at radius 1 is 0.742 bits per heavy atom. The van der Waals surface area contributed by atoms with Gasteiger partial charge in [-0.3, -0.25) is 33.6 Å². The molecule has 0 spiro atoms. The zero-order valence-electron chi connectivity index (χ0n) is 49.8. The van der Waals surface area contributed by atoms with Crippen LogP contribution in [0.4, 0.5) is 0 Å². The van der Waals surface area contributed by atoms with Crippen LogP contribution in [0.2, 0.25) is 0 Å². The molecule has 24 heteroatoms. The number of Topliss-reactive ketones (excluding diaryl/α,β-unsaturated/α-hetero) is 1. The normalized spacial score (nSPS) is 30.3. The molecule has 2 aliphatic heterocycles. The van der Waals surface area contributed by atoms with E-state index >= 15 is 4.79 Å². The molecule has 2 heterocycles. The molecule has 3 aromatic rings. The summed E-state index contributed by atoms with van der Waals surface area (Å²) in [6.07, 6.45) is -17.5. The zero-order chi connectivity index (χ0) is 63.8. The van der Waals surface area contributed by atoms with Crippen LogP contribution in [0.1, 0.15) is 140 Å². The van der Waals surface area contributed by atoms with Crippen LogP contribution in [0, 0.1) is 22.7 Å². The molecule has 2 saturated heterocycles. The molecule has 2 bridgehead atoms. The van der Waals surface area contributed by atoms with Crippen LogP contribution in [0.15, 0.2) is 102 Å². The van der Waals surface area contributed by atoms with E-state index in [1.54, 1.807) is 107 Å². The molecule has 2 amide bonds. The lowest BCUT2D eigenvalue weighted by Gasteiger charge is -2.69. The fourth-order valence-corrected chi connectivity index (χ4v) is 13.6. The van der Waals surface area contributed by atoms with Gasteiger partial charge in [0.2, 0.25) is 12.0 Å². The van der Waals surface area contributed by atoms with Gasteiger partial charge in [0.05, 0.1) is 31.3 Å². The van der Waals surface area contributed by atoms with E-state index in [1.165, 1.54) is 33.0 Å². The average Bonchev–Trinajstić information content (AvgIpc) is 0.686. The van der Waals surface area contributed by atoms with Gasteiger partial charge in [-0.25, -0.2) is 4.79 Å². The lowest BCUT2D eigenvalue weighted by atomic mass is 9.42. The first kappa shape index (κ1) is 72.7. The summed E-state index contributed by atoms with van der Waals surface area (Å²) in [5.41, 5.74) is -0.610. The Morgan fingerprint density at radius 2 is 1.35 bits per heavy atom. The third-order valence-corrected chi connectivity index (χ3v) is 17.8. The summed E-state index contributed by atoms with van der Waals surface area (Å²) in [4.78, 5) is 111. The van der Waals surface area contributed by atoms with Gasteiger partial charge in [0.25, 0.3) is 5.91 Å². The maximum atomic E-state index is 15.5. The third-order valence-electron chi connectivity index (χ3n) is 17.8. The molecule has 0 aromatic heterocycles. The maximum absolute atomic E-state index is 15.5. The van der Waals surface area contributed by atoms with Gasteiger partial charge in [-0.2, -0.15) is 0 Å². The van der Waals surface area contributed by atoms with Crippen molar-refractivity contribution >= 4 is 47.4 Å². The fourth-order valence-electron chi connectivity index (χ4n) is 13.6. The third kappa shape index (κ3) is 15.4. The van der Waals surface area contributed by atoms with Crippen LogP contribution in [0.5, 0.6) is 0 Å². The number of amides is 2. The molecule has 8 rings (SSSR count). The number of ketones is 1. The number of nitrogens with one attached hydrogen (secondary N) is 2. The van der Waals surface area contributed by atoms with E-state index in [4.69, 9.17) is 33.2 Å². The van der Waals surface area contributed by atoms with Crippen molar-refractivity contribution in [2.75, 3.05) is 26.8 Å². The molecule has 490 valence electrons. The Bertz CT molecular complexity index is 2980. The molecule has 13 unspecified atom stereocenters. The number of aliphatic hydroxyl groups is 6. The Morgan fingerprint density at radius 3 is 1.92 bits per heavy atom. The summed E-state index contributed by atoms with van der Waals surface area (Å²) in [5, 5.41) is 72.0. The van der Waals surface area contributed by atoms with Crippen LogP contribution >= 0.6 is 0 Å². The van der Waals surface area contributed by atoms with E-state index in [1.807, 2.05) is 0 Å². The van der Waals surface area contributed by atoms with Gasteiger partial charge < -0.3 is 80.2 Å². The molecule has 4 fully saturated rings. The van der Waals surface area contributed by atoms with Gasteiger partial charge in [-0.05, 0) is 55.7 Å². The maximum Gasteiger partial charge on any atom is 0.350 e. The van der Waals surface area contributed by atoms with Crippen LogP contribution in [0.3, 0.4) is 0 Å². The second-order valence-electron chi connectivity index (χ2n) is 23.5. The molecule has 2 saturated carbocycles. The van der Waals surface area contributed by atoms with Crippen molar-refractivity contribution in [1.82, 2.24) is 10.6 Å². The SMILES string of the molecule is C.C.CC(=O)OC1C[C@]2(C)C(O)CC3OC[C@@]3(OC(C)=O)C2[C@H](CC(=O)c2ccccc2)C2(O)CC(OC(=O)C(OC(=O)CCC(=O)NCCCC(=O)OC3C(O)C(O)OC(CO)C3O)C(NC(=O)c3ccccc3)c3ccccc3)C(C)=C1C2(C)C.CN. The topological polar surface area (TPSA) is 373 Å². The Kier molecular flexibility index (Phi) is 25.1. The number of carbonyl (C=O) groups excluding carboxylic acids is 8. The molecule has 0 radical (unpaired) electrons. The summed E-state index contributed by atoms with van der Waals surface area (Å²) in [5.74, 6) is -8.69. The first-order valence-corrected chi connectivity index (χ1v) is 29.1. The predicted molar refractivity (Wildman–Crippen MR) is 319 cm³/mol. The van der Waals surface area contributed by atoms with Gasteiger partial charge in [0.15, 0.2) is 23.8 Å². The highest BCUT2D eigenvalue weighted by Gasteiger charge is 2.75. The summed E-state index contributed by atoms with van der Waals surface area (Å²) >= 11 is 0. The fraction of sp³-hybridized carbons (Fsp3) is 0.569. The molecular formula is C65H89N3O21.